The van der Waals surface area contributed by atoms with E-state index in [9.17, 15) is 4.79 Å². The van der Waals surface area contributed by atoms with Crippen molar-refractivity contribution in [3.05, 3.63) is 47.0 Å². The molecule has 1 saturated heterocycles. The van der Waals surface area contributed by atoms with Crippen molar-refractivity contribution in [2.45, 2.75) is 46.3 Å². The van der Waals surface area contributed by atoms with Gasteiger partial charge in [-0.1, -0.05) is 29.8 Å². The van der Waals surface area contributed by atoms with Crippen LogP contribution < -0.4 is 5.32 Å². The lowest BCUT2D eigenvalue weighted by molar-refractivity contribution is 0.0924. The molecule has 1 N–H and O–H groups in total. The molecule has 0 saturated carbocycles. The van der Waals surface area contributed by atoms with Gasteiger partial charge >= 0.3 is 0 Å². The molecule has 0 spiro atoms. The summed E-state index contributed by atoms with van der Waals surface area (Å²) >= 11 is 0. The predicted molar refractivity (Wildman–Crippen MR) is 99.8 cm³/mol. The van der Waals surface area contributed by atoms with Crippen LogP contribution in [0.3, 0.4) is 0 Å². The van der Waals surface area contributed by atoms with Crippen LogP contribution in [0.4, 0.5) is 0 Å². The van der Waals surface area contributed by atoms with E-state index in [0.29, 0.717) is 17.7 Å². The van der Waals surface area contributed by atoms with Gasteiger partial charge < -0.3 is 9.88 Å². The molecule has 1 aromatic heterocycles. The van der Waals surface area contributed by atoms with Gasteiger partial charge in [0.1, 0.15) is 5.82 Å². The number of nitrogens with zero attached hydrogens (tertiary/aromatic N) is 4. The lowest BCUT2D eigenvalue weighted by atomic mass is 9.89. The number of rotatable bonds is 4. The number of benzene rings is 1. The maximum Gasteiger partial charge on any atom is 0.289 e. The van der Waals surface area contributed by atoms with E-state index >= 15 is 0 Å². The Hall–Kier alpha value is -2.21. The number of aryl methyl sites for hydroxylation is 1. The number of carbonyl (C=O) groups excluding carboxylic acids is 1. The fourth-order valence-corrected chi connectivity index (χ4v) is 4.31. The topological polar surface area (TPSA) is 63.1 Å². The Labute approximate surface area is 154 Å². The molecule has 6 nitrogen and oxygen atoms in total. The second kappa shape index (κ2) is 6.83. The van der Waals surface area contributed by atoms with Crippen molar-refractivity contribution in [1.82, 2.24) is 25.0 Å². The summed E-state index contributed by atoms with van der Waals surface area (Å²) in [4.78, 5) is 14.9. The molecule has 2 aliphatic rings. The van der Waals surface area contributed by atoms with Gasteiger partial charge in [0.05, 0.1) is 0 Å². The summed E-state index contributed by atoms with van der Waals surface area (Å²) in [6.45, 7) is 10.1. The van der Waals surface area contributed by atoms with Crippen molar-refractivity contribution in [2.24, 2.45) is 11.8 Å². The molecule has 1 fully saturated rings. The Kier molecular flexibility index (Phi) is 4.53. The van der Waals surface area contributed by atoms with E-state index in [1.807, 2.05) is 18.4 Å². The Balaban J connectivity index is 1.45. The molecular weight excluding hydrogens is 326 g/mol. The molecule has 0 unspecified atom stereocenters. The van der Waals surface area contributed by atoms with Crippen molar-refractivity contribution in [3.63, 3.8) is 0 Å². The zero-order valence-electron chi connectivity index (χ0n) is 15.8. The van der Waals surface area contributed by atoms with Crippen LogP contribution in [0.2, 0.25) is 0 Å². The first-order chi connectivity index (χ1) is 12.5. The third-order valence-corrected chi connectivity index (χ3v) is 5.45. The summed E-state index contributed by atoms with van der Waals surface area (Å²) < 4.78 is 2.04. The monoisotopic (exact) mass is 353 g/mol. The third kappa shape index (κ3) is 3.38. The molecular formula is C20H27N5O. The van der Waals surface area contributed by atoms with Gasteiger partial charge in [-0.3, -0.25) is 9.69 Å². The normalized spacial score (nSPS) is 22.3. The van der Waals surface area contributed by atoms with E-state index in [1.54, 1.807) is 0 Å². The molecule has 4 rings (SSSR count). The van der Waals surface area contributed by atoms with Crippen LogP contribution in [0, 0.1) is 18.8 Å². The highest BCUT2D eigenvalue weighted by atomic mass is 16.2. The first-order valence-electron chi connectivity index (χ1n) is 9.50. The molecule has 0 aliphatic carbocycles. The lowest BCUT2D eigenvalue weighted by Gasteiger charge is -2.25. The van der Waals surface area contributed by atoms with Crippen molar-refractivity contribution < 1.29 is 4.79 Å². The van der Waals surface area contributed by atoms with E-state index in [2.05, 4.69) is 51.6 Å². The van der Waals surface area contributed by atoms with Crippen molar-refractivity contribution >= 4 is 5.91 Å². The molecule has 2 aliphatic heterocycles. The maximum atomic E-state index is 12.4. The summed E-state index contributed by atoms with van der Waals surface area (Å²) in [5.41, 5.74) is 2.69. The average molecular weight is 353 g/mol. The maximum absolute atomic E-state index is 12.4. The molecule has 2 aromatic rings. The standard InChI is InChI=1S/C20H27N5O/c1-13(2)21-20(26)19-23-22-18-8-16-10-24(11-17(16)12-25(18)19)9-15-6-4-5-14(3)7-15/h4-7,13,16-17H,8-12H2,1-3H3,(H,21,26)/t16-,17+/m0/s1. The second-order valence-corrected chi connectivity index (χ2v) is 8.09. The van der Waals surface area contributed by atoms with Crippen LogP contribution in [0.1, 0.15) is 41.4 Å². The van der Waals surface area contributed by atoms with E-state index in [0.717, 1.165) is 38.4 Å². The highest BCUT2D eigenvalue weighted by molar-refractivity contribution is 5.90. The minimum atomic E-state index is -0.119. The number of carbonyl (C=O) groups is 1. The lowest BCUT2D eigenvalue weighted by Crippen LogP contribution is -2.35. The van der Waals surface area contributed by atoms with Crippen LogP contribution in [0.25, 0.3) is 0 Å². The fraction of sp³-hybridized carbons (Fsp3) is 0.550. The smallest absolute Gasteiger partial charge is 0.289 e. The zero-order chi connectivity index (χ0) is 18.3. The number of hydrogen-bond acceptors (Lipinski definition) is 4. The van der Waals surface area contributed by atoms with Gasteiger partial charge in [-0.2, -0.15) is 0 Å². The number of nitrogens with one attached hydrogen (secondary N) is 1. The van der Waals surface area contributed by atoms with Crippen molar-refractivity contribution in [1.29, 1.82) is 0 Å². The minimum absolute atomic E-state index is 0.100. The van der Waals surface area contributed by atoms with Crippen LogP contribution in [0.5, 0.6) is 0 Å². The van der Waals surface area contributed by atoms with Gasteiger partial charge in [0, 0.05) is 38.6 Å². The Bertz CT molecular complexity index is 812. The molecule has 3 heterocycles. The van der Waals surface area contributed by atoms with E-state index in [4.69, 9.17) is 0 Å². The third-order valence-electron chi connectivity index (χ3n) is 5.45. The second-order valence-electron chi connectivity index (χ2n) is 8.09. The highest BCUT2D eigenvalue weighted by Crippen LogP contribution is 2.33. The van der Waals surface area contributed by atoms with Gasteiger partial charge in [0.2, 0.25) is 5.82 Å². The first-order valence-corrected chi connectivity index (χ1v) is 9.50. The summed E-state index contributed by atoms with van der Waals surface area (Å²) in [5.74, 6) is 2.47. The number of likely N-dealkylation sites (tertiary alicyclic amines) is 1. The van der Waals surface area contributed by atoms with Gasteiger partial charge in [-0.15, -0.1) is 10.2 Å². The number of hydrogen-bond donors (Lipinski definition) is 1. The fourth-order valence-electron chi connectivity index (χ4n) is 4.31. The molecule has 1 amide bonds. The Morgan fingerprint density at radius 1 is 1.23 bits per heavy atom. The molecule has 26 heavy (non-hydrogen) atoms. The van der Waals surface area contributed by atoms with E-state index in [-0.39, 0.29) is 11.9 Å². The number of aromatic nitrogens is 3. The van der Waals surface area contributed by atoms with Crippen LogP contribution >= 0.6 is 0 Å². The molecule has 1 aromatic carbocycles. The average Bonchev–Trinajstić information content (AvgIpc) is 3.14. The molecule has 2 atom stereocenters. The number of amides is 1. The van der Waals surface area contributed by atoms with Crippen LogP contribution in [0.15, 0.2) is 24.3 Å². The predicted octanol–water partition coefficient (Wildman–Crippen LogP) is 2.03. The highest BCUT2D eigenvalue weighted by Gasteiger charge is 2.39. The van der Waals surface area contributed by atoms with Crippen molar-refractivity contribution in [2.75, 3.05) is 13.1 Å². The van der Waals surface area contributed by atoms with Gasteiger partial charge in [0.25, 0.3) is 5.91 Å². The SMILES string of the molecule is Cc1cccc(CN2C[C@@H]3Cn4c(nnc4C(=O)NC(C)C)C[C@H]3C2)c1. The first kappa shape index (κ1) is 17.2. The quantitative estimate of drug-likeness (QED) is 0.914. The van der Waals surface area contributed by atoms with Crippen LogP contribution in [-0.2, 0) is 19.5 Å². The summed E-state index contributed by atoms with van der Waals surface area (Å²) in [5, 5.41) is 11.4. The van der Waals surface area contributed by atoms with Crippen LogP contribution in [-0.4, -0.2) is 44.7 Å². The van der Waals surface area contributed by atoms with Crippen molar-refractivity contribution in [3.8, 4) is 0 Å². The minimum Gasteiger partial charge on any atom is -0.347 e. The molecule has 138 valence electrons. The van der Waals surface area contributed by atoms with Gasteiger partial charge in [0.15, 0.2) is 0 Å². The van der Waals surface area contributed by atoms with Gasteiger partial charge in [-0.25, -0.2) is 0 Å². The van der Waals surface area contributed by atoms with E-state index in [1.165, 1.54) is 11.1 Å². The summed E-state index contributed by atoms with van der Waals surface area (Å²) in [7, 11) is 0. The largest absolute Gasteiger partial charge is 0.347 e. The molecule has 0 bridgehead atoms. The summed E-state index contributed by atoms with van der Waals surface area (Å²) in [6, 6.07) is 8.85. The molecule has 0 radical (unpaired) electrons. The van der Waals surface area contributed by atoms with E-state index < -0.39 is 0 Å². The number of fused-ring (bicyclic) bond motifs is 2. The zero-order valence-corrected chi connectivity index (χ0v) is 15.8. The van der Waals surface area contributed by atoms with Gasteiger partial charge in [-0.05, 0) is 38.2 Å². The molecule has 6 heteroatoms. The Morgan fingerprint density at radius 3 is 2.81 bits per heavy atom. The Morgan fingerprint density at radius 2 is 2.04 bits per heavy atom. The summed E-state index contributed by atoms with van der Waals surface area (Å²) in [6.07, 6.45) is 0.914.